The number of halogens is 1. The van der Waals surface area contributed by atoms with E-state index in [1.807, 2.05) is 31.2 Å². The van der Waals surface area contributed by atoms with Crippen LogP contribution in [0.4, 0.5) is 0 Å². The van der Waals surface area contributed by atoms with Crippen molar-refractivity contribution in [3.8, 4) is 0 Å². The molecule has 1 N–H and O–H groups in total. The van der Waals surface area contributed by atoms with Gasteiger partial charge in [-0.2, -0.15) is 0 Å². The number of carbonyl (C=O) groups excluding carboxylic acids is 1. The first-order valence-corrected chi connectivity index (χ1v) is 10.4. The number of sulfone groups is 1. The molecule has 4 nitrogen and oxygen atoms in total. The van der Waals surface area contributed by atoms with E-state index in [1.54, 1.807) is 0 Å². The number of amides is 1. The Bertz CT molecular complexity index is 601. The molecule has 1 amide bonds. The Kier molecular flexibility index (Phi) is 5.73. The highest BCUT2D eigenvalue weighted by molar-refractivity contribution is 9.10. The van der Waals surface area contributed by atoms with E-state index in [9.17, 15) is 13.2 Å². The molecule has 1 aromatic rings. The van der Waals surface area contributed by atoms with Crippen molar-refractivity contribution in [3.05, 3.63) is 34.3 Å². The lowest BCUT2D eigenvalue weighted by Gasteiger charge is -2.15. The summed E-state index contributed by atoms with van der Waals surface area (Å²) in [4.78, 5) is 11.9. The van der Waals surface area contributed by atoms with Crippen LogP contribution in [0.1, 0.15) is 24.9 Å². The second-order valence-corrected chi connectivity index (χ2v) is 9.61. The summed E-state index contributed by atoms with van der Waals surface area (Å²) in [7, 11) is -2.87. The first-order chi connectivity index (χ1) is 9.85. The predicted octanol–water partition coefficient (Wildman–Crippen LogP) is 2.55. The standard InChI is InChI=1S/C14H18BrNO3S2/c1-10(11-2-4-12(15)5-3-11)16-14(17)8-20-13-6-7-21(18,19)9-13/h2-5,10,13H,6-9H2,1H3,(H,16,17). The highest BCUT2D eigenvalue weighted by atomic mass is 79.9. The Hall–Kier alpha value is -0.530. The van der Waals surface area contributed by atoms with Gasteiger partial charge in [0.2, 0.25) is 5.91 Å². The Morgan fingerprint density at radius 2 is 2.10 bits per heavy atom. The smallest absolute Gasteiger partial charge is 0.230 e. The molecule has 0 aliphatic carbocycles. The van der Waals surface area contributed by atoms with Crippen LogP contribution in [0.2, 0.25) is 0 Å². The molecule has 1 saturated heterocycles. The topological polar surface area (TPSA) is 63.2 Å². The van der Waals surface area contributed by atoms with E-state index in [0.29, 0.717) is 12.2 Å². The maximum atomic E-state index is 11.9. The van der Waals surface area contributed by atoms with Crippen LogP contribution >= 0.6 is 27.7 Å². The van der Waals surface area contributed by atoms with Gasteiger partial charge in [0.05, 0.1) is 23.3 Å². The van der Waals surface area contributed by atoms with E-state index < -0.39 is 9.84 Å². The van der Waals surface area contributed by atoms with Crippen molar-refractivity contribution in [3.63, 3.8) is 0 Å². The highest BCUT2D eigenvalue weighted by Crippen LogP contribution is 2.24. The molecule has 1 aromatic carbocycles. The highest BCUT2D eigenvalue weighted by Gasteiger charge is 2.28. The summed E-state index contributed by atoms with van der Waals surface area (Å²) in [5.74, 6) is 0.704. The van der Waals surface area contributed by atoms with Crippen molar-refractivity contribution in [2.24, 2.45) is 0 Å². The second kappa shape index (κ2) is 7.15. The largest absolute Gasteiger partial charge is 0.349 e. The Morgan fingerprint density at radius 1 is 1.43 bits per heavy atom. The minimum atomic E-state index is -2.87. The van der Waals surface area contributed by atoms with Crippen molar-refractivity contribution in [1.82, 2.24) is 5.32 Å². The zero-order valence-corrected chi connectivity index (χ0v) is 14.9. The summed E-state index contributed by atoms with van der Waals surface area (Å²) in [5.41, 5.74) is 1.04. The number of nitrogens with one attached hydrogen (secondary N) is 1. The van der Waals surface area contributed by atoms with Crippen LogP contribution in [-0.2, 0) is 14.6 Å². The summed E-state index contributed by atoms with van der Waals surface area (Å²) < 4.78 is 23.7. The molecule has 1 aliphatic rings. The van der Waals surface area contributed by atoms with Gasteiger partial charge in [-0.25, -0.2) is 8.42 Å². The molecular formula is C14H18BrNO3S2. The summed E-state index contributed by atoms with van der Waals surface area (Å²) in [5, 5.41) is 2.99. The van der Waals surface area contributed by atoms with E-state index in [0.717, 1.165) is 10.0 Å². The second-order valence-electron chi connectivity index (χ2n) is 5.18. The molecule has 0 bridgehead atoms. The fourth-order valence-corrected chi connectivity index (χ4v) is 5.92. The van der Waals surface area contributed by atoms with Gasteiger partial charge in [0.15, 0.2) is 9.84 Å². The number of rotatable bonds is 5. The summed E-state index contributed by atoms with van der Waals surface area (Å²) >= 11 is 4.81. The fraction of sp³-hybridized carbons (Fsp3) is 0.500. The van der Waals surface area contributed by atoms with Crippen LogP contribution in [0.5, 0.6) is 0 Å². The molecule has 1 aliphatic heterocycles. The lowest BCUT2D eigenvalue weighted by atomic mass is 10.1. The van der Waals surface area contributed by atoms with Gasteiger partial charge < -0.3 is 5.32 Å². The summed E-state index contributed by atoms with van der Waals surface area (Å²) in [6, 6.07) is 7.75. The number of hydrogen-bond donors (Lipinski definition) is 1. The number of hydrogen-bond acceptors (Lipinski definition) is 4. The third-order valence-electron chi connectivity index (χ3n) is 3.39. The van der Waals surface area contributed by atoms with Gasteiger partial charge in [-0.3, -0.25) is 4.79 Å². The lowest BCUT2D eigenvalue weighted by molar-refractivity contribution is -0.119. The van der Waals surface area contributed by atoms with Gasteiger partial charge in [0.25, 0.3) is 0 Å². The molecule has 2 rings (SSSR count). The summed E-state index contributed by atoms with van der Waals surface area (Å²) in [6.45, 7) is 1.94. The molecule has 2 atom stereocenters. The van der Waals surface area contributed by atoms with E-state index >= 15 is 0 Å². The Balaban J connectivity index is 1.78. The number of carbonyl (C=O) groups is 1. The lowest BCUT2D eigenvalue weighted by Crippen LogP contribution is -2.29. The van der Waals surface area contributed by atoms with E-state index in [-0.39, 0.29) is 28.7 Å². The fourth-order valence-electron chi connectivity index (χ4n) is 2.20. The molecule has 116 valence electrons. The Morgan fingerprint density at radius 3 is 2.67 bits per heavy atom. The summed E-state index contributed by atoms with van der Waals surface area (Å²) in [6.07, 6.45) is 0.655. The normalized spacial score (nSPS) is 21.9. The van der Waals surface area contributed by atoms with Crippen molar-refractivity contribution < 1.29 is 13.2 Å². The molecule has 0 spiro atoms. The van der Waals surface area contributed by atoms with Gasteiger partial charge in [-0.1, -0.05) is 28.1 Å². The monoisotopic (exact) mass is 391 g/mol. The molecule has 0 radical (unpaired) electrons. The van der Waals surface area contributed by atoms with Gasteiger partial charge in [-0.15, -0.1) is 11.8 Å². The molecule has 1 fully saturated rings. The first-order valence-electron chi connectivity index (χ1n) is 6.72. The van der Waals surface area contributed by atoms with Crippen LogP contribution in [-0.4, -0.2) is 36.8 Å². The predicted molar refractivity (Wildman–Crippen MR) is 90.2 cm³/mol. The molecule has 21 heavy (non-hydrogen) atoms. The minimum absolute atomic E-state index is 0.0558. The van der Waals surface area contributed by atoms with Crippen LogP contribution in [0, 0.1) is 0 Å². The maximum Gasteiger partial charge on any atom is 0.230 e. The van der Waals surface area contributed by atoms with Crippen molar-refractivity contribution in [1.29, 1.82) is 0 Å². The van der Waals surface area contributed by atoms with E-state index in [1.165, 1.54) is 11.8 Å². The van der Waals surface area contributed by atoms with Crippen molar-refractivity contribution in [2.75, 3.05) is 17.3 Å². The molecule has 7 heteroatoms. The third kappa shape index (κ3) is 5.30. The average Bonchev–Trinajstić information content (AvgIpc) is 2.77. The van der Waals surface area contributed by atoms with Crippen LogP contribution in [0.15, 0.2) is 28.7 Å². The van der Waals surface area contributed by atoms with Crippen LogP contribution < -0.4 is 5.32 Å². The molecule has 0 saturated carbocycles. The first kappa shape index (κ1) is 16.8. The molecular weight excluding hydrogens is 374 g/mol. The van der Waals surface area contributed by atoms with Gasteiger partial charge in [0, 0.05) is 9.72 Å². The van der Waals surface area contributed by atoms with Crippen LogP contribution in [0.3, 0.4) is 0 Å². The van der Waals surface area contributed by atoms with Crippen molar-refractivity contribution in [2.45, 2.75) is 24.6 Å². The van der Waals surface area contributed by atoms with E-state index in [2.05, 4.69) is 21.2 Å². The third-order valence-corrected chi connectivity index (χ3v) is 7.20. The van der Waals surface area contributed by atoms with Crippen LogP contribution in [0.25, 0.3) is 0 Å². The number of benzene rings is 1. The van der Waals surface area contributed by atoms with E-state index in [4.69, 9.17) is 0 Å². The maximum absolute atomic E-state index is 11.9. The zero-order valence-electron chi connectivity index (χ0n) is 11.7. The van der Waals surface area contributed by atoms with Gasteiger partial charge in [-0.05, 0) is 31.0 Å². The zero-order chi connectivity index (χ0) is 15.5. The molecule has 1 heterocycles. The van der Waals surface area contributed by atoms with Gasteiger partial charge in [0.1, 0.15) is 0 Å². The molecule has 2 unspecified atom stereocenters. The van der Waals surface area contributed by atoms with Crippen molar-refractivity contribution >= 4 is 43.4 Å². The quantitative estimate of drug-likeness (QED) is 0.837. The Labute approximate surface area is 138 Å². The minimum Gasteiger partial charge on any atom is -0.349 e. The number of thioether (sulfide) groups is 1. The average molecular weight is 392 g/mol. The SMILES string of the molecule is CC(NC(=O)CSC1CCS(=O)(=O)C1)c1ccc(Br)cc1. The van der Waals surface area contributed by atoms with Gasteiger partial charge >= 0.3 is 0 Å². The molecule has 0 aromatic heterocycles.